The van der Waals surface area contributed by atoms with E-state index in [1.165, 1.54) is 0 Å². The first kappa shape index (κ1) is 22.5. The molecule has 0 unspecified atom stereocenters. The molecule has 0 fully saturated rings. The number of amides is 1. The van der Waals surface area contributed by atoms with E-state index in [4.69, 9.17) is 16.3 Å². The third-order valence-electron chi connectivity index (χ3n) is 4.27. The van der Waals surface area contributed by atoms with Crippen LogP contribution in [0.15, 0.2) is 68.5 Å². The molecule has 1 N–H and O–H groups in total. The molecule has 154 valence electrons. The summed E-state index contributed by atoms with van der Waals surface area (Å²) in [5, 5.41) is 3.49. The molecule has 0 aromatic heterocycles. The summed E-state index contributed by atoms with van der Waals surface area (Å²) in [6.45, 7) is 3.75. The maximum absolute atomic E-state index is 12.3. The van der Waals surface area contributed by atoms with Gasteiger partial charge in [0.1, 0.15) is 5.75 Å². The minimum Gasteiger partial charge on any atom is -0.482 e. The van der Waals surface area contributed by atoms with Gasteiger partial charge in [-0.15, -0.1) is 0 Å². The Bertz CT molecular complexity index is 1120. The zero-order chi connectivity index (χ0) is 21.7. The summed E-state index contributed by atoms with van der Waals surface area (Å²) in [5.41, 5.74) is 4.18. The second-order valence-corrected chi connectivity index (χ2v) is 8.83. The number of halogens is 3. The van der Waals surface area contributed by atoms with Crippen LogP contribution in [0.25, 0.3) is 0 Å². The second-order valence-electron chi connectivity index (χ2n) is 6.65. The van der Waals surface area contributed by atoms with Crippen molar-refractivity contribution in [2.45, 2.75) is 13.8 Å². The Labute approximate surface area is 197 Å². The number of hydrogen-bond donors (Lipinski definition) is 1. The molecule has 30 heavy (non-hydrogen) atoms. The molecular weight excluding hydrogens is 532 g/mol. The van der Waals surface area contributed by atoms with Gasteiger partial charge in [0.05, 0.1) is 10.2 Å². The van der Waals surface area contributed by atoms with Crippen LogP contribution in [0.4, 0.5) is 11.4 Å². The van der Waals surface area contributed by atoms with Crippen molar-refractivity contribution in [1.82, 2.24) is 0 Å². The summed E-state index contributed by atoms with van der Waals surface area (Å²) in [7, 11) is 0. The van der Waals surface area contributed by atoms with E-state index in [-0.39, 0.29) is 12.5 Å². The van der Waals surface area contributed by atoms with Crippen molar-refractivity contribution in [1.29, 1.82) is 0 Å². The van der Waals surface area contributed by atoms with E-state index in [2.05, 4.69) is 42.2 Å². The summed E-state index contributed by atoms with van der Waals surface area (Å²) in [6.07, 6.45) is 1.70. The smallest absolute Gasteiger partial charge is 0.262 e. The number of rotatable bonds is 6. The topological polar surface area (TPSA) is 50.7 Å². The van der Waals surface area contributed by atoms with Gasteiger partial charge in [0.2, 0.25) is 0 Å². The summed E-state index contributed by atoms with van der Waals surface area (Å²) >= 11 is 13.2. The van der Waals surface area contributed by atoms with E-state index in [0.29, 0.717) is 15.2 Å². The van der Waals surface area contributed by atoms with Gasteiger partial charge < -0.3 is 10.1 Å². The van der Waals surface area contributed by atoms with Crippen molar-refractivity contribution in [3.8, 4) is 5.75 Å². The molecule has 0 heterocycles. The molecule has 0 aliphatic rings. The van der Waals surface area contributed by atoms with Crippen molar-refractivity contribution >= 4 is 67.0 Å². The van der Waals surface area contributed by atoms with E-state index in [0.717, 1.165) is 32.5 Å². The summed E-state index contributed by atoms with van der Waals surface area (Å²) in [5.74, 6) is 0.282. The van der Waals surface area contributed by atoms with E-state index < -0.39 is 0 Å². The Morgan fingerprint density at radius 1 is 1.13 bits per heavy atom. The van der Waals surface area contributed by atoms with Gasteiger partial charge in [-0.1, -0.05) is 45.7 Å². The van der Waals surface area contributed by atoms with Crippen LogP contribution >= 0.6 is 43.5 Å². The van der Waals surface area contributed by atoms with Crippen LogP contribution in [0.2, 0.25) is 5.02 Å². The van der Waals surface area contributed by atoms with Gasteiger partial charge in [-0.05, 0) is 77.3 Å². The van der Waals surface area contributed by atoms with Gasteiger partial charge in [-0.3, -0.25) is 9.79 Å². The van der Waals surface area contributed by atoms with E-state index in [1.54, 1.807) is 6.21 Å². The van der Waals surface area contributed by atoms with Crippen molar-refractivity contribution in [3.63, 3.8) is 0 Å². The molecule has 0 saturated heterocycles. The highest BCUT2D eigenvalue weighted by Crippen LogP contribution is 2.33. The van der Waals surface area contributed by atoms with Crippen molar-refractivity contribution in [2.24, 2.45) is 4.99 Å². The molecule has 1 amide bonds. The van der Waals surface area contributed by atoms with Crippen LogP contribution in [0.5, 0.6) is 5.75 Å². The zero-order valence-electron chi connectivity index (χ0n) is 16.4. The SMILES string of the molecule is Cc1cccc(NC(=O)COc2c(Br)cc(Br)cc2C=Nc2cccc(Cl)c2C)c1. The maximum atomic E-state index is 12.3. The fourth-order valence-electron chi connectivity index (χ4n) is 2.76. The zero-order valence-corrected chi connectivity index (χ0v) is 20.3. The molecule has 0 aliphatic heterocycles. The highest BCUT2D eigenvalue weighted by molar-refractivity contribution is 9.11. The van der Waals surface area contributed by atoms with Crippen LogP contribution < -0.4 is 10.1 Å². The Kier molecular flexibility index (Phi) is 7.69. The fourth-order valence-corrected chi connectivity index (χ4v) is 4.30. The molecule has 0 saturated carbocycles. The van der Waals surface area contributed by atoms with Crippen molar-refractivity contribution < 1.29 is 9.53 Å². The predicted molar refractivity (Wildman–Crippen MR) is 131 cm³/mol. The number of carbonyl (C=O) groups excluding carboxylic acids is 1. The Morgan fingerprint density at radius 3 is 2.67 bits per heavy atom. The molecule has 0 atom stereocenters. The quantitative estimate of drug-likeness (QED) is 0.329. The molecule has 0 spiro atoms. The number of carbonyl (C=O) groups is 1. The van der Waals surface area contributed by atoms with E-state index in [1.807, 2.05) is 68.4 Å². The number of nitrogens with one attached hydrogen (secondary N) is 1. The molecule has 3 rings (SSSR count). The highest BCUT2D eigenvalue weighted by atomic mass is 79.9. The average Bonchev–Trinajstić information content (AvgIpc) is 2.68. The monoisotopic (exact) mass is 548 g/mol. The average molecular weight is 551 g/mol. The number of benzene rings is 3. The Hall–Kier alpha value is -2.15. The number of aryl methyl sites for hydroxylation is 1. The van der Waals surface area contributed by atoms with Gasteiger partial charge >= 0.3 is 0 Å². The largest absolute Gasteiger partial charge is 0.482 e. The molecule has 7 heteroatoms. The lowest BCUT2D eigenvalue weighted by atomic mass is 10.2. The number of aliphatic imine (C=N–C) groups is 1. The molecule has 3 aromatic rings. The molecule has 4 nitrogen and oxygen atoms in total. The minimum absolute atomic E-state index is 0.134. The van der Waals surface area contributed by atoms with Crippen molar-refractivity contribution in [3.05, 3.63) is 85.3 Å². The van der Waals surface area contributed by atoms with Crippen LogP contribution in [-0.4, -0.2) is 18.7 Å². The first-order valence-electron chi connectivity index (χ1n) is 9.11. The minimum atomic E-state index is -0.246. The molecule has 3 aromatic carbocycles. The number of ether oxygens (including phenoxy) is 1. The lowest BCUT2D eigenvalue weighted by Gasteiger charge is -2.12. The lowest BCUT2D eigenvalue weighted by Crippen LogP contribution is -2.20. The lowest BCUT2D eigenvalue weighted by molar-refractivity contribution is -0.118. The van der Waals surface area contributed by atoms with Crippen LogP contribution in [0, 0.1) is 13.8 Å². The third kappa shape index (κ3) is 5.94. The van der Waals surface area contributed by atoms with Gasteiger partial charge in [0, 0.05) is 27.0 Å². The summed E-state index contributed by atoms with van der Waals surface area (Å²) in [6, 6.07) is 16.9. The number of hydrogen-bond acceptors (Lipinski definition) is 3. The maximum Gasteiger partial charge on any atom is 0.262 e. The van der Waals surface area contributed by atoms with E-state index >= 15 is 0 Å². The molecule has 0 aliphatic carbocycles. The van der Waals surface area contributed by atoms with Gasteiger partial charge in [-0.25, -0.2) is 0 Å². The number of anilines is 1. The van der Waals surface area contributed by atoms with Gasteiger partial charge in [-0.2, -0.15) is 0 Å². The summed E-state index contributed by atoms with van der Waals surface area (Å²) < 4.78 is 7.40. The Balaban J connectivity index is 1.78. The van der Waals surface area contributed by atoms with Crippen LogP contribution in [0.1, 0.15) is 16.7 Å². The highest BCUT2D eigenvalue weighted by Gasteiger charge is 2.12. The Morgan fingerprint density at radius 2 is 1.90 bits per heavy atom. The van der Waals surface area contributed by atoms with Crippen molar-refractivity contribution in [2.75, 3.05) is 11.9 Å². The first-order chi connectivity index (χ1) is 14.3. The second kappa shape index (κ2) is 10.2. The van der Waals surface area contributed by atoms with Crippen LogP contribution in [0.3, 0.4) is 0 Å². The van der Waals surface area contributed by atoms with E-state index in [9.17, 15) is 4.79 Å². The van der Waals surface area contributed by atoms with Gasteiger partial charge in [0.25, 0.3) is 5.91 Å². The molecule has 0 bridgehead atoms. The predicted octanol–water partition coefficient (Wildman–Crippen LogP) is 7.25. The van der Waals surface area contributed by atoms with Crippen LogP contribution in [-0.2, 0) is 4.79 Å². The first-order valence-corrected chi connectivity index (χ1v) is 11.1. The standard InChI is InChI=1S/C23H19Br2ClN2O2/c1-14-5-3-6-18(9-14)28-22(29)13-30-23-16(10-17(24)11-19(23)25)12-27-21-8-4-7-20(26)15(21)2/h3-12H,13H2,1-2H3,(H,28,29). The third-order valence-corrected chi connectivity index (χ3v) is 5.72. The van der Waals surface area contributed by atoms with Gasteiger partial charge in [0.15, 0.2) is 6.61 Å². The molecule has 0 radical (unpaired) electrons. The summed E-state index contributed by atoms with van der Waals surface area (Å²) in [4.78, 5) is 16.9. The number of nitrogens with zero attached hydrogens (tertiary/aromatic N) is 1. The fraction of sp³-hybridized carbons (Fsp3) is 0.130. The molecular formula is C23H19Br2ClN2O2. The normalized spacial score (nSPS) is 11.0.